The van der Waals surface area contributed by atoms with Crippen molar-refractivity contribution in [2.24, 2.45) is 0 Å². The van der Waals surface area contributed by atoms with Gasteiger partial charge in [-0.25, -0.2) is 0 Å². The summed E-state index contributed by atoms with van der Waals surface area (Å²) in [7, 11) is 0. The lowest BCUT2D eigenvalue weighted by Gasteiger charge is -2.14. The van der Waals surface area contributed by atoms with Gasteiger partial charge in [-0.15, -0.1) is 0 Å². The summed E-state index contributed by atoms with van der Waals surface area (Å²) in [5.74, 6) is 1.33. The summed E-state index contributed by atoms with van der Waals surface area (Å²) < 4.78 is 13.0. The Kier molecular flexibility index (Phi) is 7.06. The van der Waals surface area contributed by atoms with Crippen molar-refractivity contribution in [3.05, 3.63) is 93.8 Å². The normalized spacial score (nSPS) is 14.9. The van der Waals surface area contributed by atoms with Crippen LogP contribution in [0.25, 0.3) is 6.08 Å². The van der Waals surface area contributed by atoms with E-state index in [4.69, 9.17) is 21.7 Å². The molecule has 3 aromatic carbocycles. The van der Waals surface area contributed by atoms with Crippen molar-refractivity contribution in [3.8, 4) is 11.5 Å². The molecule has 0 aliphatic carbocycles. The van der Waals surface area contributed by atoms with Crippen LogP contribution >= 0.6 is 39.9 Å². The van der Waals surface area contributed by atoms with E-state index in [0.29, 0.717) is 28.2 Å². The number of benzene rings is 3. The molecule has 1 amide bonds. The minimum Gasteiger partial charge on any atom is -0.490 e. The fourth-order valence-corrected chi connectivity index (χ4v) is 4.67. The Hall–Kier alpha value is -2.61. The van der Waals surface area contributed by atoms with E-state index in [0.717, 1.165) is 21.5 Å². The maximum absolute atomic E-state index is 13.0. The lowest BCUT2D eigenvalue weighted by atomic mass is 10.2. The van der Waals surface area contributed by atoms with Gasteiger partial charge in [0.1, 0.15) is 24.7 Å². The van der Waals surface area contributed by atoms with Crippen molar-refractivity contribution in [1.82, 2.24) is 0 Å². The molecule has 31 heavy (non-hydrogen) atoms. The number of carbonyl (C=O) groups is 1. The van der Waals surface area contributed by atoms with E-state index in [1.54, 1.807) is 4.90 Å². The maximum atomic E-state index is 13.0. The molecule has 0 aromatic heterocycles. The molecule has 0 atom stereocenters. The molecular formula is C24H18BrNO3S2. The minimum atomic E-state index is -0.139. The maximum Gasteiger partial charge on any atom is 0.270 e. The van der Waals surface area contributed by atoms with Crippen LogP contribution in [0, 0.1) is 0 Å². The molecule has 1 saturated heterocycles. The van der Waals surface area contributed by atoms with Gasteiger partial charge in [0.25, 0.3) is 5.91 Å². The van der Waals surface area contributed by atoms with Gasteiger partial charge in [0.15, 0.2) is 4.32 Å². The number of halogens is 1. The molecule has 4 rings (SSSR count). The summed E-state index contributed by atoms with van der Waals surface area (Å²) in [6.45, 7) is 0.790. The van der Waals surface area contributed by atoms with Gasteiger partial charge in [-0.05, 0) is 48.5 Å². The third-order valence-corrected chi connectivity index (χ3v) is 6.21. The number of nitrogens with zero attached hydrogens (tertiary/aromatic N) is 1. The highest BCUT2D eigenvalue weighted by Gasteiger charge is 2.33. The highest BCUT2D eigenvalue weighted by molar-refractivity contribution is 9.10. The van der Waals surface area contributed by atoms with E-state index in [9.17, 15) is 4.79 Å². The number of para-hydroxylation sites is 2. The van der Waals surface area contributed by atoms with Crippen LogP contribution in [0.4, 0.5) is 5.69 Å². The molecule has 156 valence electrons. The summed E-state index contributed by atoms with van der Waals surface area (Å²) >= 11 is 10.2. The molecule has 4 nitrogen and oxygen atoms in total. The Labute approximate surface area is 199 Å². The molecule has 0 spiro atoms. The number of ether oxygens (including phenoxy) is 2. The molecule has 0 unspecified atom stereocenters. The number of hydrogen-bond acceptors (Lipinski definition) is 5. The third kappa shape index (κ3) is 5.36. The van der Waals surface area contributed by atoms with Gasteiger partial charge in [0.05, 0.1) is 10.6 Å². The van der Waals surface area contributed by atoms with Crippen molar-refractivity contribution in [3.63, 3.8) is 0 Å². The highest BCUT2D eigenvalue weighted by Crippen LogP contribution is 2.37. The number of amides is 1. The number of hydrogen-bond donors (Lipinski definition) is 0. The third-order valence-electron chi connectivity index (χ3n) is 4.42. The van der Waals surface area contributed by atoms with Crippen LogP contribution in [0.15, 0.2) is 88.2 Å². The van der Waals surface area contributed by atoms with E-state index < -0.39 is 0 Å². The minimum absolute atomic E-state index is 0.139. The van der Waals surface area contributed by atoms with Crippen molar-refractivity contribution >= 4 is 61.9 Å². The van der Waals surface area contributed by atoms with E-state index in [2.05, 4.69) is 15.9 Å². The van der Waals surface area contributed by atoms with Crippen molar-refractivity contribution in [1.29, 1.82) is 0 Å². The fraction of sp³-hybridized carbons (Fsp3) is 0.0833. The molecule has 1 aliphatic heterocycles. The molecule has 1 fully saturated rings. The van der Waals surface area contributed by atoms with Crippen LogP contribution < -0.4 is 14.4 Å². The molecule has 1 aliphatic rings. The number of thioether (sulfide) groups is 1. The van der Waals surface area contributed by atoms with Crippen molar-refractivity contribution < 1.29 is 14.3 Å². The smallest absolute Gasteiger partial charge is 0.270 e. The molecule has 0 N–H and O–H groups in total. The summed E-state index contributed by atoms with van der Waals surface area (Å²) in [6.07, 6.45) is 1.82. The summed E-state index contributed by atoms with van der Waals surface area (Å²) in [4.78, 5) is 15.1. The largest absolute Gasteiger partial charge is 0.490 e. The number of anilines is 1. The second kappa shape index (κ2) is 10.1. The van der Waals surface area contributed by atoms with Crippen molar-refractivity contribution in [2.75, 3.05) is 18.1 Å². The lowest BCUT2D eigenvalue weighted by molar-refractivity contribution is -0.113. The molecule has 1 heterocycles. The Bertz CT molecular complexity index is 1120. The lowest BCUT2D eigenvalue weighted by Crippen LogP contribution is -2.27. The highest BCUT2D eigenvalue weighted by atomic mass is 79.9. The average molecular weight is 512 g/mol. The molecule has 0 saturated carbocycles. The fourth-order valence-electron chi connectivity index (χ4n) is 3.00. The number of rotatable bonds is 7. The Morgan fingerprint density at radius 1 is 0.935 bits per heavy atom. The van der Waals surface area contributed by atoms with Gasteiger partial charge in [-0.3, -0.25) is 9.69 Å². The van der Waals surface area contributed by atoms with Crippen molar-refractivity contribution in [2.45, 2.75) is 0 Å². The molecule has 3 aromatic rings. The van der Waals surface area contributed by atoms with Crippen LogP contribution in [0.5, 0.6) is 11.5 Å². The molecule has 0 bridgehead atoms. The summed E-state index contributed by atoms with van der Waals surface area (Å²) in [6, 6.07) is 24.7. The predicted octanol–water partition coefficient (Wildman–Crippen LogP) is 6.31. The van der Waals surface area contributed by atoms with Gasteiger partial charge in [0, 0.05) is 10.0 Å². The Balaban J connectivity index is 1.49. The zero-order chi connectivity index (χ0) is 21.6. The molecule has 0 radical (unpaired) electrons. The topological polar surface area (TPSA) is 38.8 Å². The first-order valence-electron chi connectivity index (χ1n) is 9.55. The number of thiocarbonyl (C=S) groups is 1. The zero-order valence-electron chi connectivity index (χ0n) is 16.4. The van der Waals surface area contributed by atoms with Crippen LogP contribution in [-0.4, -0.2) is 23.4 Å². The second-order valence-electron chi connectivity index (χ2n) is 6.54. The SMILES string of the molecule is O=C1/C(=C/c2cc(Br)ccc2OCCOc2ccccc2)SC(=S)N1c1ccccc1. The second-order valence-corrected chi connectivity index (χ2v) is 9.14. The first-order chi connectivity index (χ1) is 15.1. The quantitative estimate of drug-likeness (QED) is 0.211. The van der Waals surface area contributed by atoms with Crippen LogP contribution in [0.1, 0.15) is 5.56 Å². The molecular weight excluding hydrogens is 494 g/mol. The van der Waals surface area contributed by atoms with Gasteiger partial charge >= 0.3 is 0 Å². The first kappa shape index (κ1) is 21.6. The van der Waals surface area contributed by atoms with E-state index in [1.165, 1.54) is 11.8 Å². The van der Waals surface area contributed by atoms with Gasteiger partial charge in [0.2, 0.25) is 0 Å². The predicted molar refractivity (Wildman–Crippen MR) is 134 cm³/mol. The summed E-state index contributed by atoms with van der Waals surface area (Å²) in [5.41, 5.74) is 1.56. The Morgan fingerprint density at radius 2 is 1.61 bits per heavy atom. The summed E-state index contributed by atoms with van der Waals surface area (Å²) in [5, 5.41) is 0. The van der Waals surface area contributed by atoms with Crippen LogP contribution in [0.3, 0.4) is 0 Å². The van der Waals surface area contributed by atoms with Gasteiger partial charge in [-0.1, -0.05) is 76.3 Å². The Morgan fingerprint density at radius 3 is 2.35 bits per heavy atom. The van der Waals surface area contributed by atoms with Crippen LogP contribution in [-0.2, 0) is 4.79 Å². The van der Waals surface area contributed by atoms with E-state index in [1.807, 2.05) is 84.9 Å². The first-order valence-corrected chi connectivity index (χ1v) is 11.6. The standard InChI is InChI=1S/C24H18BrNO3S2/c25-18-11-12-21(29-14-13-28-20-9-5-2-6-10-20)17(15-18)16-22-23(27)26(24(30)31-22)19-7-3-1-4-8-19/h1-12,15-16H,13-14H2/b22-16-. The van der Waals surface area contributed by atoms with Gasteiger partial charge < -0.3 is 9.47 Å². The molecule has 7 heteroatoms. The average Bonchev–Trinajstić information content (AvgIpc) is 3.06. The number of carbonyl (C=O) groups excluding carboxylic acids is 1. The van der Waals surface area contributed by atoms with E-state index >= 15 is 0 Å². The van der Waals surface area contributed by atoms with Gasteiger partial charge in [-0.2, -0.15) is 0 Å². The van der Waals surface area contributed by atoms with Crippen LogP contribution in [0.2, 0.25) is 0 Å². The van der Waals surface area contributed by atoms with E-state index in [-0.39, 0.29) is 5.91 Å². The zero-order valence-corrected chi connectivity index (χ0v) is 19.6. The monoisotopic (exact) mass is 511 g/mol.